The number of carbonyl (C=O) groups is 2. The first kappa shape index (κ1) is 24.5. The molecule has 1 aliphatic heterocycles. The summed E-state index contributed by atoms with van der Waals surface area (Å²) in [4.78, 5) is 25.5. The molecule has 0 aliphatic carbocycles. The summed E-state index contributed by atoms with van der Waals surface area (Å²) in [7, 11) is 1.36. The lowest BCUT2D eigenvalue weighted by molar-refractivity contribution is -0.131. The van der Waals surface area contributed by atoms with Gasteiger partial charge in [-0.2, -0.15) is 0 Å². The fraction of sp³-hybridized carbons (Fsp3) is 0.310. The summed E-state index contributed by atoms with van der Waals surface area (Å²) in [6.45, 7) is 3.44. The summed E-state index contributed by atoms with van der Waals surface area (Å²) in [5.74, 6) is 0.311. The highest BCUT2D eigenvalue weighted by atomic mass is 16.5. The number of esters is 1. The third-order valence-electron chi connectivity index (χ3n) is 6.60. The molecule has 0 unspecified atom stereocenters. The fourth-order valence-electron chi connectivity index (χ4n) is 4.43. The van der Waals surface area contributed by atoms with E-state index in [1.807, 2.05) is 73.7 Å². The molecule has 0 spiro atoms. The molecule has 35 heavy (non-hydrogen) atoms. The quantitative estimate of drug-likeness (QED) is 0.467. The summed E-state index contributed by atoms with van der Waals surface area (Å²) >= 11 is 0. The van der Waals surface area contributed by atoms with Gasteiger partial charge in [0.15, 0.2) is 0 Å². The van der Waals surface area contributed by atoms with Gasteiger partial charge in [-0.15, -0.1) is 0 Å². The normalized spacial score (nSPS) is 15.6. The van der Waals surface area contributed by atoms with Gasteiger partial charge in [0.05, 0.1) is 24.1 Å². The Kier molecular flexibility index (Phi) is 7.83. The van der Waals surface area contributed by atoms with Crippen molar-refractivity contribution in [1.82, 2.24) is 5.32 Å². The number of benzene rings is 3. The predicted molar refractivity (Wildman–Crippen MR) is 133 cm³/mol. The number of ether oxygens (including phenoxy) is 3. The minimum Gasteiger partial charge on any atom is -0.489 e. The Hall–Kier alpha value is -3.64. The molecule has 1 saturated heterocycles. The first-order valence-electron chi connectivity index (χ1n) is 11.9. The highest BCUT2D eigenvalue weighted by Crippen LogP contribution is 2.37. The molecule has 6 nitrogen and oxygen atoms in total. The maximum absolute atomic E-state index is 13.7. The lowest BCUT2D eigenvalue weighted by Crippen LogP contribution is -2.48. The number of methoxy groups -OCH3 is 1. The van der Waals surface area contributed by atoms with E-state index < -0.39 is 5.41 Å². The molecule has 1 N–H and O–H groups in total. The number of rotatable bonds is 8. The van der Waals surface area contributed by atoms with Crippen molar-refractivity contribution in [3.05, 3.63) is 101 Å². The molecular formula is C29H31NO5. The van der Waals surface area contributed by atoms with Gasteiger partial charge in [0, 0.05) is 13.2 Å². The number of hydrogen-bond acceptors (Lipinski definition) is 5. The molecule has 1 heterocycles. The zero-order valence-electron chi connectivity index (χ0n) is 20.2. The van der Waals surface area contributed by atoms with E-state index in [0.717, 1.165) is 22.4 Å². The second-order valence-corrected chi connectivity index (χ2v) is 8.81. The van der Waals surface area contributed by atoms with Gasteiger partial charge in [-0.25, -0.2) is 4.79 Å². The Morgan fingerprint density at radius 3 is 2.37 bits per heavy atom. The average Bonchev–Trinajstić information content (AvgIpc) is 2.92. The van der Waals surface area contributed by atoms with Crippen molar-refractivity contribution >= 4 is 11.9 Å². The van der Waals surface area contributed by atoms with Crippen LogP contribution in [0.2, 0.25) is 0 Å². The largest absolute Gasteiger partial charge is 0.489 e. The fourth-order valence-corrected chi connectivity index (χ4v) is 4.43. The summed E-state index contributed by atoms with van der Waals surface area (Å²) in [5.41, 5.74) is 2.70. The third kappa shape index (κ3) is 5.72. The van der Waals surface area contributed by atoms with Crippen LogP contribution in [-0.4, -0.2) is 32.2 Å². The monoisotopic (exact) mass is 473 g/mol. The summed E-state index contributed by atoms with van der Waals surface area (Å²) in [5, 5.41) is 3.19. The molecule has 6 heteroatoms. The van der Waals surface area contributed by atoms with Gasteiger partial charge in [-0.3, -0.25) is 4.79 Å². The van der Waals surface area contributed by atoms with Gasteiger partial charge in [-0.05, 0) is 60.7 Å². The summed E-state index contributed by atoms with van der Waals surface area (Å²) in [6.07, 6.45) is 1.18. The molecular weight excluding hydrogens is 442 g/mol. The number of carbonyl (C=O) groups excluding carboxylic acids is 2. The van der Waals surface area contributed by atoms with Crippen LogP contribution in [0.3, 0.4) is 0 Å². The Morgan fingerprint density at radius 2 is 1.69 bits per heavy atom. The van der Waals surface area contributed by atoms with Gasteiger partial charge < -0.3 is 19.5 Å². The Bertz CT molecular complexity index is 1140. The van der Waals surface area contributed by atoms with Crippen molar-refractivity contribution in [2.45, 2.75) is 37.8 Å². The van der Waals surface area contributed by atoms with Crippen molar-refractivity contribution in [3.8, 4) is 5.75 Å². The van der Waals surface area contributed by atoms with Crippen molar-refractivity contribution in [2.75, 3.05) is 20.3 Å². The van der Waals surface area contributed by atoms with E-state index in [4.69, 9.17) is 14.2 Å². The van der Waals surface area contributed by atoms with Crippen molar-refractivity contribution in [2.24, 2.45) is 0 Å². The smallest absolute Gasteiger partial charge is 0.337 e. The molecule has 182 valence electrons. The van der Waals surface area contributed by atoms with Crippen molar-refractivity contribution in [3.63, 3.8) is 0 Å². The van der Waals surface area contributed by atoms with E-state index in [1.165, 1.54) is 7.11 Å². The van der Waals surface area contributed by atoms with E-state index in [9.17, 15) is 9.59 Å². The maximum Gasteiger partial charge on any atom is 0.337 e. The molecule has 0 saturated carbocycles. The molecule has 0 radical (unpaired) electrons. The lowest BCUT2D eigenvalue weighted by atomic mass is 9.73. The zero-order chi connectivity index (χ0) is 24.7. The molecule has 4 rings (SSSR count). The second kappa shape index (κ2) is 11.2. The first-order chi connectivity index (χ1) is 17.0. The standard InChI is InChI=1S/C29H31NO5/c1-21(23-11-13-24(14-12-23)27(31)33-2)30-28(32)29(15-17-34-18-16-29)25-9-6-10-26(19-25)35-20-22-7-4-3-5-8-22/h3-14,19,21H,15-18,20H2,1-2H3,(H,30,32)/t21-/m0/s1. The number of amides is 1. The van der Waals surface area contributed by atoms with Crippen LogP contribution in [0.25, 0.3) is 0 Å². The summed E-state index contributed by atoms with van der Waals surface area (Å²) < 4.78 is 16.4. The highest BCUT2D eigenvalue weighted by molar-refractivity contribution is 5.90. The van der Waals surface area contributed by atoms with Crippen LogP contribution in [0.5, 0.6) is 5.75 Å². The predicted octanol–water partition coefficient (Wildman–Crippen LogP) is 4.98. The van der Waals surface area contributed by atoms with E-state index >= 15 is 0 Å². The van der Waals surface area contributed by atoms with Crippen LogP contribution in [0.1, 0.15) is 52.9 Å². The van der Waals surface area contributed by atoms with Crippen LogP contribution in [0, 0.1) is 0 Å². The highest BCUT2D eigenvalue weighted by Gasteiger charge is 2.42. The van der Waals surface area contributed by atoms with Gasteiger partial charge in [-0.1, -0.05) is 54.6 Å². The molecule has 1 aliphatic rings. The molecule has 1 amide bonds. The second-order valence-electron chi connectivity index (χ2n) is 8.81. The van der Waals surface area contributed by atoms with Crippen molar-refractivity contribution < 1.29 is 23.8 Å². The molecule has 3 aromatic carbocycles. The van der Waals surface area contributed by atoms with E-state index in [1.54, 1.807) is 12.1 Å². The SMILES string of the molecule is COC(=O)c1ccc([C@H](C)NC(=O)C2(c3cccc(OCc4ccccc4)c3)CCOCC2)cc1. The Morgan fingerprint density at radius 1 is 0.971 bits per heavy atom. The minimum atomic E-state index is -0.704. The van der Waals surface area contributed by atoms with Crippen LogP contribution >= 0.6 is 0 Å². The number of hydrogen-bond donors (Lipinski definition) is 1. The molecule has 3 aromatic rings. The topological polar surface area (TPSA) is 73.9 Å². The molecule has 0 bridgehead atoms. The van der Waals surface area contributed by atoms with Crippen LogP contribution < -0.4 is 10.1 Å². The zero-order valence-corrected chi connectivity index (χ0v) is 20.2. The molecule has 1 fully saturated rings. The lowest BCUT2D eigenvalue weighted by Gasteiger charge is -2.37. The third-order valence-corrected chi connectivity index (χ3v) is 6.60. The van der Waals surface area contributed by atoms with Crippen LogP contribution in [-0.2, 0) is 26.3 Å². The molecule has 0 aromatic heterocycles. The van der Waals surface area contributed by atoms with Gasteiger partial charge in [0.1, 0.15) is 12.4 Å². The average molecular weight is 474 g/mol. The van der Waals surface area contributed by atoms with Crippen molar-refractivity contribution in [1.29, 1.82) is 0 Å². The van der Waals surface area contributed by atoms with Crippen LogP contribution in [0.15, 0.2) is 78.9 Å². The van der Waals surface area contributed by atoms with Gasteiger partial charge in [0.25, 0.3) is 0 Å². The first-order valence-corrected chi connectivity index (χ1v) is 11.9. The maximum atomic E-state index is 13.7. The van der Waals surface area contributed by atoms with Gasteiger partial charge in [0.2, 0.25) is 5.91 Å². The minimum absolute atomic E-state index is 0.0365. The Balaban J connectivity index is 1.52. The van der Waals surface area contributed by atoms with Crippen LogP contribution in [0.4, 0.5) is 0 Å². The van der Waals surface area contributed by atoms with Gasteiger partial charge >= 0.3 is 5.97 Å². The van der Waals surface area contributed by atoms with E-state index in [2.05, 4.69) is 5.32 Å². The van der Waals surface area contributed by atoms with E-state index in [0.29, 0.717) is 38.2 Å². The number of nitrogens with one attached hydrogen (secondary N) is 1. The molecule has 1 atom stereocenters. The summed E-state index contributed by atoms with van der Waals surface area (Å²) in [6, 6.07) is 24.7. The van der Waals surface area contributed by atoms with E-state index in [-0.39, 0.29) is 17.9 Å². The Labute approximate surface area is 206 Å².